The Balaban J connectivity index is 2.09. The van der Waals surface area contributed by atoms with E-state index < -0.39 is 0 Å². The second kappa shape index (κ2) is 6.76. The van der Waals surface area contributed by atoms with Crippen molar-refractivity contribution in [3.8, 4) is 11.8 Å². The predicted octanol–water partition coefficient (Wildman–Crippen LogP) is 4.34. The first-order chi connectivity index (χ1) is 11.9. The number of nitrogens with zero attached hydrogens (tertiary/aromatic N) is 1. The van der Waals surface area contributed by atoms with Gasteiger partial charge in [0.25, 0.3) is 5.91 Å². The molecule has 0 saturated heterocycles. The maximum Gasteiger partial charge on any atom is 0.298 e. The molecule has 1 aliphatic rings. The molecule has 1 aliphatic carbocycles. The molecule has 0 aliphatic heterocycles. The van der Waals surface area contributed by atoms with Crippen LogP contribution < -0.4 is 0 Å². The maximum absolute atomic E-state index is 14.7. The standard InChI is InChI=1S/C21H23FN2O/c1-5-7-19(25)24(4)16-9-6-8-15(12-16)21-17(22)10-11-18-20(21)13(2)14(3)23-18/h10-12,16,23H,6,8-9H2,1-4H3/t16-/m0/s1. The molecule has 4 heteroatoms. The maximum atomic E-state index is 14.7. The van der Waals surface area contributed by atoms with E-state index in [0.29, 0.717) is 5.56 Å². The van der Waals surface area contributed by atoms with Crippen molar-refractivity contribution in [3.63, 3.8) is 0 Å². The lowest BCUT2D eigenvalue weighted by Gasteiger charge is -2.29. The molecular formula is C21H23FN2O. The summed E-state index contributed by atoms with van der Waals surface area (Å²) < 4.78 is 14.7. The minimum Gasteiger partial charge on any atom is -0.358 e. The number of aryl methyl sites for hydroxylation is 2. The third-order valence-corrected chi connectivity index (χ3v) is 5.12. The first-order valence-corrected chi connectivity index (χ1v) is 8.62. The van der Waals surface area contributed by atoms with Crippen LogP contribution in [0.4, 0.5) is 4.39 Å². The fraction of sp³-hybridized carbons (Fsp3) is 0.381. The van der Waals surface area contributed by atoms with E-state index in [4.69, 9.17) is 0 Å². The van der Waals surface area contributed by atoms with Gasteiger partial charge in [0.1, 0.15) is 5.82 Å². The van der Waals surface area contributed by atoms with Gasteiger partial charge in [-0.05, 0) is 69.2 Å². The summed E-state index contributed by atoms with van der Waals surface area (Å²) in [4.78, 5) is 17.0. The van der Waals surface area contributed by atoms with E-state index in [-0.39, 0.29) is 17.8 Å². The minimum absolute atomic E-state index is 0.0490. The number of fused-ring (bicyclic) bond motifs is 1. The largest absolute Gasteiger partial charge is 0.358 e. The van der Waals surface area contributed by atoms with Crippen LogP contribution in [0.3, 0.4) is 0 Å². The summed E-state index contributed by atoms with van der Waals surface area (Å²) in [5.41, 5.74) is 4.74. The van der Waals surface area contributed by atoms with E-state index in [2.05, 4.69) is 16.8 Å². The molecular weight excluding hydrogens is 315 g/mol. The summed E-state index contributed by atoms with van der Waals surface area (Å²) in [6.07, 6.45) is 4.65. The molecule has 3 rings (SSSR count). The second-order valence-corrected chi connectivity index (χ2v) is 6.66. The fourth-order valence-electron chi connectivity index (χ4n) is 3.63. The molecule has 0 bridgehead atoms. The first-order valence-electron chi connectivity index (χ1n) is 8.62. The van der Waals surface area contributed by atoms with Gasteiger partial charge in [-0.3, -0.25) is 4.79 Å². The van der Waals surface area contributed by atoms with Crippen LogP contribution in [0.15, 0.2) is 18.2 Å². The summed E-state index contributed by atoms with van der Waals surface area (Å²) in [6, 6.07) is 3.27. The van der Waals surface area contributed by atoms with Crippen LogP contribution in [0.25, 0.3) is 16.5 Å². The molecule has 1 N–H and O–H groups in total. The molecule has 1 amide bonds. The van der Waals surface area contributed by atoms with Crippen molar-refractivity contribution >= 4 is 22.4 Å². The van der Waals surface area contributed by atoms with Gasteiger partial charge in [0.2, 0.25) is 0 Å². The highest BCUT2D eigenvalue weighted by atomic mass is 19.1. The summed E-state index contributed by atoms with van der Waals surface area (Å²) in [7, 11) is 1.76. The number of hydrogen-bond donors (Lipinski definition) is 1. The Morgan fingerprint density at radius 1 is 1.36 bits per heavy atom. The lowest BCUT2D eigenvalue weighted by atomic mass is 9.87. The van der Waals surface area contributed by atoms with Gasteiger partial charge in [0, 0.05) is 29.2 Å². The number of halogens is 1. The lowest BCUT2D eigenvalue weighted by Crippen LogP contribution is -2.36. The Labute approximate surface area is 147 Å². The van der Waals surface area contributed by atoms with Crippen LogP contribution in [0.5, 0.6) is 0 Å². The van der Waals surface area contributed by atoms with E-state index >= 15 is 0 Å². The topological polar surface area (TPSA) is 36.1 Å². The van der Waals surface area contributed by atoms with Gasteiger partial charge < -0.3 is 9.88 Å². The number of nitrogens with one attached hydrogen (secondary N) is 1. The molecule has 3 nitrogen and oxygen atoms in total. The number of rotatable bonds is 2. The van der Waals surface area contributed by atoms with Crippen LogP contribution in [-0.2, 0) is 4.79 Å². The zero-order valence-corrected chi connectivity index (χ0v) is 15.2. The zero-order chi connectivity index (χ0) is 18.1. The third-order valence-electron chi connectivity index (χ3n) is 5.12. The Hall–Kier alpha value is -2.54. The summed E-state index contributed by atoms with van der Waals surface area (Å²) in [5.74, 6) is 4.83. The van der Waals surface area contributed by atoms with Gasteiger partial charge in [-0.1, -0.05) is 12.0 Å². The molecule has 1 heterocycles. The highest BCUT2D eigenvalue weighted by Crippen LogP contribution is 2.37. The van der Waals surface area contributed by atoms with Gasteiger partial charge >= 0.3 is 0 Å². The monoisotopic (exact) mass is 338 g/mol. The average molecular weight is 338 g/mol. The fourth-order valence-corrected chi connectivity index (χ4v) is 3.63. The molecule has 0 fully saturated rings. The molecule has 0 unspecified atom stereocenters. The Morgan fingerprint density at radius 3 is 2.84 bits per heavy atom. The number of allylic oxidation sites excluding steroid dienone is 1. The molecule has 1 aromatic heterocycles. The quantitative estimate of drug-likeness (QED) is 0.812. The van der Waals surface area contributed by atoms with Crippen molar-refractivity contribution < 1.29 is 9.18 Å². The SMILES string of the molecule is CC#CC(=O)N(C)[C@@H]1C=C(c2c(F)ccc3[nH]c(C)c(C)c23)CCC1. The Morgan fingerprint density at radius 2 is 2.12 bits per heavy atom. The summed E-state index contributed by atoms with van der Waals surface area (Å²) >= 11 is 0. The van der Waals surface area contributed by atoms with Crippen molar-refractivity contribution in [3.05, 3.63) is 40.8 Å². The highest BCUT2D eigenvalue weighted by Gasteiger charge is 2.24. The number of benzene rings is 1. The van der Waals surface area contributed by atoms with Gasteiger partial charge in [0.05, 0.1) is 6.04 Å². The molecule has 25 heavy (non-hydrogen) atoms. The molecule has 1 atom stereocenters. The van der Waals surface area contributed by atoms with Crippen LogP contribution in [-0.4, -0.2) is 28.9 Å². The molecule has 0 spiro atoms. The van der Waals surface area contributed by atoms with Gasteiger partial charge in [-0.25, -0.2) is 4.39 Å². The van der Waals surface area contributed by atoms with Crippen molar-refractivity contribution in [2.45, 2.75) is 46.1 Å². The number of H-pyrrole nitrogens is 1. The minimum atomic E-state index is -0.205. The number of aromatic amines is 1. The first kappa shape index (κ1) is 17.3. The van der Waals surface area contributed by atoms with Crippen LogP contribution in [0, 0.1) is 31.5 Å². The van der Waals surface area contributed by atoms with E-state index in [1.807, 2.05) is 19.9 Å². The van der Waals surface area contributed by atoms with E-state index in [1.165, 1.54) is 6.07 Å². The molecule has 130 valence electrons. The number of carbonyl (C=O) groups is 1. The van der Waals surface area contributed by atoms with Crippen LogP contribution >= 0.6 is 0 Å². The smallest absolute Gasteiger partial charge is 0.298 e. The van der Waals surface area contributed by atoms with Gasteiger partial charge in [-0.2, -0.15) is 0 Å². The van der Waals surface area contributed by atoms with Gasteiger partial charge in [0.15, 0.2) is 0 Å². The summed E-state index contributed by atoms with van der Waals surface area (Å²) in [6.45, 7) is 5.68. The molecule has 0 saturated carbocycles. The van der Waals surface area contributed by atoms with Crippen molar-refractivity contribution in [1.82, 2.24) is 9.88 Å². The van der Waals surface area contributed by atoms with Gasteiger partial charge in [-0.15, -0.1) is 0 Å². The average Bonchev–Trinajstić information content (AvgIpc) is 2.89. The van der Waals surface area contributed by atoms with Crippen LogP contribution in [0.1, 0.15) is 43.0 Å². The number of hydrogen-bond acceptors (Lipinski definition) is 1. The van der Waals surface area contributed by atoms with E-state index in [0.717, 1.165) is 47.0 Å². The molecule has 0 radical (unpaired) electrons. The third kappa shape index (κ3) is 3.07. The van der Waals surface area contributed by atoms with Crippen LogP contribution in [0.2, 0.25) is 0 Å². The van der Waals surface area contributed by atoms with E-state index in [9.17, 15) is 9.18 Å². The van der Waals surface area contributed by atoms with Crippen molar-refractivity contribution in [1.29, 1.82) is 0 Å². The zero-order valence-electron chi connectivity index (χ0n) is 15.2. The number of amides is 1. The van der Waals surface area contributed by atoms with E-state index in [1.54, 1.807) is 24.9 Å². The number of carbonyl (C=O) groups excluding carboxylic acids is 1. The normalized spacial score (nSPS) is 17.0. The second-order valence-electron chi connectivity index (χ2n) is 6.66. The highest BCUT2D eigenvalue weighted by molar-refractivity contribution is 5.97. The lowest BCUT2D eigenvalue weighted by molar-refractivity contribution is -0.125. The Bertz CT molecular complexity index is 927. The summed E-state index contributed by atoms with van der Waals surface area (Å²) in [5, 5.41) is 0.951. The molecule has 1 aromatic carbocycles. The Kier molecular flexibility index (Phi) is 4.67. The van der Waals surface area contributed by atoms with Crippen molar-refractivity contribution in [2.24, 2.45) is 0 Å². The molecule has 2 aromatic rings. The van der Waals surface area contributed by atoms with Crippen molar-refractivity contribution in [2.75, 3.05) is 7.05 Å². The predicted molar refractivity (Wildman–Crippen MR) is 99.6 cm³/mol. The number of likely N-dealkylation sites (N-methyl/N-ethyl adjacent to an activating group) is 1. The number of aromatic nitrogens is 1.